The average molecular weight is 455 g/mol. The normalized spacial score (nSPS) is 35.9. The third kappa shape index (κ3) is 5.84. The molecule has 0 amide bonds. The van der Waals surface area contributed by atoms with Crippen molar-refractivity contribution in [2.75, 3.05) is 0 Å². The maximum absolute atomic E-state index is 10.5. The van der Waals surface area contributed by atoms with E-state index in [1.165, 1.54) is 31.3 Å². The van der Waals surface area contributed by atoms with Gasteiger partial charge in [0.15, 0.2) is 0 Å². The fourth-order valence-corrected chi connectivity index (χ4v) is 6.80. The van der Waals surface area contributed by atoms with Crippen molar-refractivity contribution in [2.24, 2.45) is 23.2 Å². The van der Waals surface area contributed by atoms with E-state index >= 15 is 0 Å². The van der Waals surface area contributed by atoms with E-state index in [9.17, 15) is 15.3 Å². The van der Waals surface area contributed by atoms with Crippen LogP contribution in [-0.2, 0) is 0 Å². The lowest BCUT2D eigenvalue weighted by Gasteiger charge is -2.43. The predicted octanol–water partition coefficient (Wildman–Crippen LogP) is 6.10. The summed E-state index contributed by atoms with van der Waals surface area (Å²) in [6.45, 7) is 12.9. The largest absolute Gasteiger partial charge is 0.393 e. The number of fused-ring (bicyclic) bond motifs is 1. The lowest BCUT2D eigenvalue weighted by molar-refractivity contribution is 0.0251. The molecule has 0 unspecified atom stereocenters. The Kier molecular flexibility index (Phi) is 8.71. The molecule has 0 aromatic carbocycles. The summed E-state index contributed by atoms with van der Waals surface area (Å²) in [5.74, 6) is 8.53. The number of aliphatic hydroxyl groups is 3. The van der Waals surface area contributed by atoms with Crippen molar-refractivity contribution in [3.05, 3.63) is 35.5 Å². The molecule has 6 atom stereocenters. The highest BCUT2D eigenvalue weighted by molar-refractivity contribution is 5.38. The summed E-state index contributed by atoms with van der Waals surface area (Å²) in [6.07, 6.45) is 13.5. The van der Waals surface area contributed by atoms with Crippen LogP contribution in [0.4, 0.5) is 0 Å². The molecule has 33 heavy (non-hydrogen) atoms. The van der Waals surface area contributed by atoms with E-state index in [2.05, 4.69) is 58.3 Å². The number of hydrogen-bond acceptors (Lipinski definition) is 3. The second-order valence-electron chi connectivity index (χ2n) is 11.2. The van der Waals surface area contributed by atoms with E-state index in [0.717, 1.165) is 43.3 Å². The molecule has 3 saturated carbocycles. The molecule has 3 N–H and O–H groups in total. The van der Waals surface area contributed by atoms with Crippen LogP contribution in [0, 0.1) is 35.0 Å². The van der Waals surface area contributed by atoms with Gasteiger partial charge in [-0.25, -0.2) is 0 Å². The lowest BCUT2D eigenvalue weighted by atomic mass is 9.61. The van der Waals surface area contributed by atoms with Gasteiger partial charge in [0.1, 0.15) is 0 Å². The van der Waals surface area contributed by atoms with Gasteiger partial charge in [0, 0.05) is 18.8 Å². The molecular weight excluding hydrogens is 408 g/mol. The topological polar surface area (TPSA) is 60.7 Å². The fourth-order valence-electron chi connectivity index (χ4n) is 6.80. The number of rotatable bonds is 6. The van der Waals surface area contributed by atoms with Crippen molar-refractivity contribution in [1.82, 2.24) is 0 Å². The van der Waals surface area contributed by atoms with E-state index in [4.69, 9.17) is 0 Å². The monoisotopic (exact) mass is 454 g/mol. The van der Waals surface area contributed by atoms with Crippen LogP contribution in [0.1, 0.15) is 98.3 Å². The molecular formula is C30H46O3. The number of aliphatic hydroxyl groups excluding tert-OH is 2. The Morgan fingerprint density at radius 1 is 1.21 bits per heavy atom. The molecule has 0 bridgehead atoms. The van der Waals surface area contributed by atoms with E-state index in [0.29, 0.717) is 30.6 Å². The molecule has 3 aliphatic carbocycles. The van der Waals surface area contributed by atoms with E-state index in [1.54, 1.807) is 0 Å². The summed E-state index contributed by atoms with van der Waals surface area (Å²) in [5, 5.41) is 30.7. The van der Waals surface area contributed by atoms with Crippen LogP contribution in [0.5, 0.6) is 0 Å². The molecule has 3 heteroatoms. The Bertz CT molecular complexity index is 821. The second kappa shape index (κ2) is 10.9. The van der Waals surface area contributed by atoms with Gasteiger partial charge in [-0.3, -0.25) is 0 Å². The van der Waals surface area contributed by atoms with Gasteiger partial charge in [-0.2, -0.15) is 0 Å². The molecule has 3 rings (SSSR count). The van der Waals surface area contributed by atoms with Crippen molar-refractivity contribution in [1.29, 1.82) is 0 Å². The Balaban J connectivity index is 1.69. The Labute approximate surface area is 202 Å². The molecule has 0 heterocycles. The quantitative estimate of drug-likeness (QED) is 0.425. The minimum atomic E-state index is -0.629. The van der Waals surface area contributed by atoms with E-state index in [1.807, 2.05) is 0 Å². The summed E-state index contributed by atoms with van der Waals surface area (Å²) >= 11 is 0. The zero-order chi connectivity index (χ0) is 24.2. The van der Waals surface area contributed by atoms with Crippen molar-refractivity contribution >= 4 is 0 Å². The third-order valence-corrected chi connectivity index (χ3v) is 9.27. The van der Waals surface area contributed by atoms with Gasteiger partial charge in [-0.1, -0.05) is 57.9 Å². The first-order valence-electron chi connectivity index (χ1n) is 13.3. The van der Waals surface area contributed by atoms with Gasteiger partial charge < -0.3 is 15.3 Å². The third-order valence-electron chi connectivity index (χ3n) is 9.27. The molecule has 3 nitrogen and oxygen atoms in total. The fraction of sp³-hybridized carbons (Fsp3) is 0.733. The smallest absolute Gasteiger partial charge is 0.0811 e. The summed E-state index contributed by atoms with van der Waals surface area (Å²) in [5.41, 5.74) is 3.01. The molecule has 0 spiro atoms. The summed E-state index contributed by atoms with van der Waals surface area (Å²) < 4.78 is 0. The SMILES string of the molecule is C=C1/C(=C\C=C2/CCC[C@]3(C)[C@@H]([C@@H](C)C#CCCC(O)(CC)CC)CC[C@@H]23)C[C@@H](O)C[C@@H]1O. The first-order chi connectivity index (χ1) is 15.6. The Hall–Kier alpha value is -1.34. The summed E-state index contributed by atoms with van der Waals surface area (Å²) in [6, 6.07) is 0. The first-order valence-corrected chi connectivity index (χ1v) is 13.3. The van der Waals surface area contributed by atoms with Crippen molar-refractivity contribution < 1.29 is 15.3 Å². The van der Waals surface area contributed by atoms with E-state index < -0.39 is 17.8 Å². The van der Waals surface area contributed by atoms with E-state index in [-0.39, 0.29) is 5.41 Å². The second-order valence-corrected chi connectivity index (χ2v) is 11.2. The van der Waals surface area contributed by atoms with Gasteiger partial charge >= 0.3 is 0 Å². The maximum atomic E-state index is 10.5. The Morgan fingerprint density at radius 3 is 2.64 bits per heavy atom. The van der Waals surface area contributed by atoms with Gasteiger partial charge in [-0.15, -0.1) is 5.92 Å². The molecule has 3 aliphatic rings. The van der Waals surface area contributed by atoms with Crippen molar-refractivity contribution in [3.8, 4) is 11.8 Å². The van der Waals surface area contributed by atoms with Crippen LogP contribution in [0.25, 0.3) is 0 Å². The minimum Gasteiger partial charge on any atom is -0.393 e. The standard InChI is InChI=1S/C30H46O3/c1-6-30(33,7-2)18-9-8-11-21(3)26-15-16-27-23(12-10-17-29(26,27)5)13-14-24-19-25(31)20-28(32)22(24)4/h13-14,21,25-28,31-33H,4,6-7,9-10,12,15-20H2,1-3,5H3/b23-13+,24-14-/t21-,25+,26+,27-,28-,29+/m0/s1. The Morgan fingerprint density at radius 2 is 1.94 bits per heavy atom. The predicted molar refractivity (Wildman–Crippen MR) is 136 cm³/mol. The lowest BCUT2D eigenvalue weighted by Crippen LogP contribution is -2.35. The molecule has 0 aromatic heterocycles. The molecule has 3 fully saturated rings. The molecule has 184 valence electrons. The summed E-state index contributed by atoms with van der Waals surface area (Å²) in [7, 11) is 0. The van der Waals surface area contributed by atoms with Crippen molar-refractivity contribution in [3.63, 3.8) is 0 Å². The van der Waals surface area contributed by atoms with Crippen LogP contribution in [-0.4, -0.2) is 33.1 Å². The highest BCUT2D eigenvalue weighted by atomic mass is 16.3. The number of allylic oxidation sites excluding steroid dienone is 3. The van der Waals surface area contributed by atoms with Gasteiger partial charge in [0.2, 0.25) is 0 Å². The van der Waals surface area contributed by atoms with Gasteiger partial charge in [0.05, 0.1) is 17.8 Å². The zero-order valence-electron chi connectivity index (χ0n) is 21.4. The highest BCUT2D eigenvalue weighted by Crippen LogP contribution is 2.59. The van der Waals surface area contributed by atoms with Crippen LogP contribution in [0.2, 0.25) is 0 Å². The van der Waals surface area contributed by atoms with Crippen LogP contribution in [0.15, 0.2) is 35.5 Å². The summed E-state index contributed by atoms with van der Waals surface area (Å²) in [4.78, 5) is 0. The maximum Gasteiger partial charge on any atom is 0.0811 e. The van der Waals surface area contributed by atoms with Gasteiger partial charge in [0.25, 0.3) is 0 Å². The van der Waals surface area contributed by atoms with Crippen LogP contribution in [0.3, 0.4) is 0 Å². The minimum absolute atomic E-state index is 0.285. The van der Waals surface area contributed by atoms with Crippen LogP contribution >= 0.6 is 0 Å². The highest BCUT2D eigenvalue weighted by Gasteiger charge is 2.50. The van der Waals surface area contributed by atoms with Crippen LogP contribution < -0.4 is 0 Å². The molecule has 0 radical (unpaired) electrons. The average Bonchev–Trinajstić information content (AvgIpc) is 3.15. The molecule has 0 saturated heterocycles. The van der Waals surface area contributed by atoms with Gasteiger partial charge in [-0.05, 0) is 86.2 Å². The number of hydrogen-bond donors (Lipinski definition) is 3. The zero-order valence-corrected chi connectivity index (χ0v) is 21.4. The first kappa shape index (κ1) is 26.3. The van der Waals surface area contributed by atoms with Crippen molar-refractivity contribution in [2.45, 2.75) is 116 Å². The molecule has 0 aliphatic heterocycles. The molecule has 0 aromatic rings.